The number of carbonyl (C=O) groups excluding carboxylic acids is 1. The molecule has 1 amide bonds. The van der Waals surface area contributed by atoms with Crippen molar-refractivity contribution in [3.8, 4) is 0 Å². The Hall–Kier alpha value is -0.610. The number of carbonyl (C=O) groups is 1. The molecule has 110 valence electrons. The molecule has 2 aliphatic carbocycles. The van der Waals surface area contributed by atoms with Gasteiger partial charge in [0.1, 0.15) is 6.10 Å². The lowest BCUT2D eigenvalue weighted by molar-refractivity contribution is -0.137. The van der Waals surface area contributed by atoms with Gasteiger partial charge in [-0.05, 0) is 45.4 Å². The summed E-state index contributed by atoms with van der Waals surface area (Å²) >= 11 is 0. The third kappa shape index (κ3) is 4.77. The predicted molar refractivity (Wildman–Crippen MR) is 75.8 cm³/mol. The third-order valence-corrected chi connectivity index (χ3v) is 4.38. The molecule has 0 aliphatic heterocycles. The van der Waals surface area contributed by atoms with Crippen molar-refractivity contribution in [1.82, 2.24) is 5.32 Å². The average Bonchev–Trinajstić information content (AvgIpc) is 2.40. The van der Waals surface area contributed by atoms with Crippen molar-refractivity contribution in [2.45, 2.75) is 89.0 Å². The van der Waals surface area contributed by atoms with Crippen LogP contribution in [0.2, 0.25) is 0 Å². The van der Waals surface area contributed by atoms with E-state index in [1.54, 1.807) is 0 Å². The maximum absolute atomic E-state index is 12.1. The molecule has 0 bridgehead atoms. The Morgan fingerprint density at radius 1 is 1.16 bits per heavy atom. The second kappa shape index (κ2) is 7.25. The molecule has 4 heteroatoms. The Morgan fingerprint density at radius 2 is 1.89 bits per heavy atom. The highest BCUT2D eigenvalue weighted by atomic mass is 16.5. The third-order valence-electron chi connectivity index (χ3n) is 4.38. The predicted octanol–water partition coefficient (Wildman–Crippen LogP) is 2.11. The van der Waals surface area contributed by atoms with Gasteiger partial charge in [-0.3, -0.25) is 4.79 Å². The number of nitrogens with two attached hydrogens (primary N) is 1. The number of hydrogen-bond acceptors (Lipinski definition) is 3. The van der Waals surface area contributed by atoms with Gasteiger partial charge in [-0.1, -0.05) is 19.3 Å². The fourth-order valence-corrected chi connectivity index (χ4v) is 3.22. The summed E-state index contributed by atoms with van der Waals surface area (Å²) in [6, 6.07) is 0.605. The first-order chi connectivity index (χ1) is 9.15. The summed E-state index contributed by atoms with van der Waals surface area (Å²) in [5.74, 6) is 0.0473. The van der Waals surface area contributed by atoms with Gasteiger partial charge in [-0.2, -0.15) is 0 Å². The van der Waals surface area contributed by atoms with E-state index >= 15 is 0 Å². The summed E-state index contributed by atoms with van der Waals surface area (Å²) in [5.41, 5.74) is 5.95. The van der Waals surface area contributed by atoms with Crippen molar-refractivity contribution in [1.29, 1.82) is 0 Å². The Labute approximate surface area is 116 Å². The van der Waals surface area contributed by atoms with E-state index in [1.165, 1.54) is 19.3 Å². The summed E-state index contributed by atoms with van der Waals surface area (Å²) in [7, 11) is 0. The minimum absolute atomic E-state index is 0.0473. The number of rotatable bonds is 4. The van der Waals surface area contributed by atoms with Gasteiger partial charge in [0.2, 0.25) is 5.91 Å². The molecule has 2 saturated carbocycles. The van der Waals surface area contributed by atoms with Crippen LogP contribution in [0.4, 0.5) is 0 Å². The number of hydrogen-bond donors (Lipinski definition) is 2. The molecule has 0 aromatic carbocycles. The van der Waals surface area contributed by atoms with Crippen molar-refractivity contribution in [2.75, 3.05) is 0 Å². The summed E-state index contributed by atoms with van der Waals surface area (Å²) in [5, 5.41) is 3.12. The van der Waals surface area contributed by atoms with Crippen molar-refractivity contribution in [2.24, 2.45) is 5.73 Å². The van der Waals surface area contributed by atoms with Crippen LogP contribution in [0.3, 0.4) is 0 Å². The number of nitrogens with one attached hydrogen (secondary N) is 1. The minimum atomic E-state index is -0.350. The lowest BCUT2D eigenvalue weighted by Gasteiger charge is -2.30. The van der Waals surface area contributed by atoms with Gasteiger partial charge in [0, 0.05) is 12.1 Å². The van der Waals surface area contributed by atoms with Crippen LogP contribution in [0.5, 0.6) is 0 Å². The van der Waals surface area contributed by atoms with E-state index in [-0.39, 0.29) is 24.2 Å². The quantitative estimate of drug-likeness (QED) is 0.820. The Bertz CT molecular complexity index is 290. The van der Waals surface area contributed by atoms with Crippen LogP contribution in [0.15, 0.2) is 0 Å². The molecule has 0 aromatic heterocycles. The van der Waals surface area contributed by atoms with E-state index in [2.05, 4.69) is 5.32 Å². The van der Waals surface area contributed by atoms with Gasteiger partial charge < -0.3 is 15.8 Å². The van der Waals surface area contributed by atoms with Gasteiger partial charge in [0.25, 0.3) is 0 Å². The first-order valence-electron chi connectivity index (χ1n) is 7.86. The summed E-state index contributed by atoms with van der Waals surface area (Å²) in [4.78, 5) is 12.1. The molecule has 3 atom stereocenters. The fraction of sp³-hybridized carbons (Fsp3) is 0.933. The average molecular weight is 268 g/mol. The summed E-state index contributed by atoms with van der Waals surface area (Å²) < 4.78 is 5.87. The molecule has 2 aliphatic rings. The van der Waals surface area contributed by atoms with Crippen LogP contribution in [-0.4, -0.2) is 30.2 Å². The zero-order valence-electron chi connectivity index (χ0n) is 12.1. The first-order valence-corrected chi connectivity index (χ1v) is 7.86. The van der Waals surface area contributed by atoms with Crippen molar-refractivity contribution in [3.05, 3.63) is 0 Å². The van der Waals surface area contributed by atoms with Crippen molar-refractivity contribution in [3.63, 3.8) is 0 Å². The van der Waals surface area contributed by atoms with E-state index in [1.807, 2.05) is 6.92 Å². The Morgan fingerprint density at radius 3 is 2.58 bits per heavy atom. The molecule has 4 nitrogen and oxygen atoms in total. The molecule has 0 heterocycles. The molecule has 0 spiro atoms. The van der Waals surface area contributed by atoms with Gasteiger partial charge >= 0.3 is 0 Å². The smallest absolute Gasteiger partial charge is 0.249 e. The minimum Gasteiger partial charge on any atom is -0.365 e. The normalized spacial score (nSPS) is 30.8. The highest BCUT2D eigenvalue weighted by Crippen LogP contribution is 2.21. The number of amides is 1. The standard InChI is InChI=1S/C15H28N2O2/c1-11(19-14-9-5-6-12(16)10-14)15(18)17-13-7-3-2-4-8-13/h11-14H,2-10,16H2,1H3,(H,17,18). The van der Waals surface area contributed by atoms with E-state index in [0.29, 0.717) is 6.04 Å². The second-order valence-electron chi connectivity index (χ2n) is 6.17. The van der Waals surface area contributed by atoms with Crippen molar-refractivity contribution >= 4 is 5.91 Å². The summed E-state index contributed by atoms with van der Waals surface area (Å²) in [6.07, 6.45) is 9.95. The molecular formula is C15H28N2O2. The van der Waals surface area contributed by atoms with E-state index in [9.17, 15) is 4.79 Å². The fourth-order valence-electron chi connectivity index (χ4n) is 3.22. The van der Waals surface area contributed by atoms with Gasteiger partial charge in [0.15, 0.2) is 0 Å². The van der Waals surface area contributed by atoms with Crippen molar-refractivity contribution < 1.29 is 9.53 Å². The lowest BCUT2D eigenvalue weighted by atomic mass is 9.93. The van der Waals surface area contributed by atoms with Crippen LogP contribution in [0.25, 0.3) is 0 Å². The molecule has 0 radical (unpaired) electrons. The highest BCUT2D eigenvalue weighted by molar-refractivity contribution is 5.80. The Kier molecular flexibility index (Phi) is 5.64. The van der Waals surface area contributed by atoms with Crippen LogP contribution < -0.4 is 11.1 Å². The molecule has 2 fully saturated rings. The van der Waals surface area contributed by atoms with Crippen LogP contribution in [0.1, 0.15) is 64.7 Å². The van der Waals surface area contributed by atoms with Gasteiger partial charge in [-0.25, -0.2) is 0 Å². The maximum atomic E-state index is 12.1. The topological polar surface area (TPSA) is 64.3 Å². The largest absolute Gasteiger partial charge is 0.365 e. The SMILES string of the molecule is CC(OC1CCCC(N)C1)C(=O)NC1CCCCC1. The van der Waals surface area contributed by atoms with Gasteiger partial charge in [0.05, 0.1) is 6.10 Å². The molecule has 19 heavy (non-hydrogen) atoms. The Balaban J connectivity index is 1.72. The van der Waals surface area contributed by atoms with Crippen LogP contribution in [0, 0.1) is 0 Å². The molecule has 0 aromatic rings. The monoisotopic (exact) mass is 268 g/mol. The summed E-state index contributed by atoms with van der Waals surface area (Å²) in [6.45, 7) is 1.86. The molecule has 3 N–H and O–H groups in total. The zero-order valence-corrected chi connectivity index (χ0v) is 12.1. The van der Waals surface area contributed by atoms with E-state index < -0.39 is 0 Å². The first kappa shape index (κ1) is 14.8. The lowest BCUT2D eigenvalue weighted by Crippen LogP contribution is -2.44. The van der Waals surface area contributed by atoms with Gasteiger partial charge in [-0.15, -0.1) is 0 Å². The maximum Gasteiger partial charge on any atom is 0.249 e. The zero-order chi connectivity index (χ0) is 13.7. The highest BCUT2D eigenvalue weighted by Gasteiger charge is 2.25. The molecule has 0 saturated heterocycles. The van der Waals surface area contributed by atoms with Crippen LogP contribution >= 0.6 is 0 Å². The second-order valence-corrected chi connectivity index (χ2v) is 6.17. The molecular weight excluding hydrogens is 240 g/mol. The molecule has 3 unspecified atom stereocenters. The number of ether oxygens (including phenoxy) is 1. The van der Waals surface area contributed by atoms with E-state index in [4.69, 9.17) is 10.5 Å². The molecule has 2 rings (SSSR count). The van der Waals surface area contributed by atoms with Crippen LogP contribution in [-0.2, 0) is 9.53 Å². The van der Waals surface area contributed by atoms with E-state index in [0.717, 1.165) is 38.5 Å².